The Bertz CT molecular complexity index is 997. The van der Waals surface area contributed by atoms with Crippen molar-refractivity contribution in [2.75, 3.05) is 5.32 Å². The smallest absolute Gasteiger partial charge is 0.267 e. The van der Waals surface area contributed by atoms with E-state index in [1.165, 1.54) is 18.2 Å². The molecule has 8 nitrogen and oxygen atoms in total. The second-order valence-corrected chi connectivity index (χ2v) is 5.45. The van der Waals surface area contributed by atoms with Crippen molar-refractivity contribution in [2.45, 2.75) is 6.54 Å². The fourth-order valence-corrected chi connectivity index (χ4v) is 2.28. The van der Waals surface area contributed by atoms with Gasteiger partial charge in [-0.25, -0.2) is 4.68 Å². The van der Waals surface area contributed by atoms with Gasteiger partial charge in [0.2, 0.25) is 11.8 Å². The molecule has 0 unspecified atom stereocenters. The first-order valence-corrected chi connectivity index (χ1v) is 7.71. The zero-order valence-electron chi connectivity index (χ0n) is 13.6. The maximum atomic E-state index is 12.2. The van der Waals surface area contributed by atoms with E-state index in [1.807, 2.05) is 6.07 Å². The molecule has 0 bridgehead atoms. The van der Waals surface area contributed by atoms with Gasteiger partial charge in [0, 0.05) is 35.3 Å². The van der Waals surface area contributed by atoms with Gasteiger partial charge in [-0.15, -0.1) is 0 Å². The second-order valence-electron chi connectivity index (χ2n) is 5.45. The molecule has 0 spiro atoms. The van der Waals surface area contributed by atoms with E-state index in [-0.39, 0.29) is 6.54 Å². The predicted molar refractivity (Wildman–Crippen MR) is 95.3 cm³/mol. The largest absolute Gasteiger partial charge is 0.366 e. The van der Waals surface area contributed by atoms with E-state index in [9.17, 15) is 14.4 Å². The molecule has 130 valence electrons. The molecule has 0 atom stereocenters. The number of hydrogen-bond acceptors (Lipinski definition) is 5. The first-order chi connectivity index (χ1) is 12.5. The molecule has 8 heteroatoms. The molecule has 2 aromatic heterocycles. The minimum absolute atomic E-state index is 0.246. The Morgan fingerprint density at radius 1 is 1.08 bits per heavy atom. The SMILES string of the molecule is NC(=O)c1ccc(NC(=O)Cn2nc(-c3cccnc3)ccc2=O)cc1. The van der Waals surface area contributed by atoms with E-state index in [2.05, 4.69) is 15.4 Å². The summed E-state index contributed by atoms with van der Waals surface area (Å²) >= 11 is 0. The van der Waals surface area contributed by atoms with Crippen molar-refractivity contribution in [1.29, 1.82) is 0 Å². The van der Waals surface area contributed by atoms with Gasteiger partial charge in [0.1, 0.15) is 6.54 Å². The highest BCUT2D eigenvalue weighted by atomic mass is 16.2. The van der Waals surface area contributed by atoms with Crippen molar-refractivity contribution in [3.8, 4) is 11.3 Å². The number of anilines is 1. The summed E-state index contributed by atoms with van der Waals surface area (Å²) in [7, 11) is 0. The monoisotopic (exact) mass is 349 g/mol. The minimum Gasteiger partial charge on any atom is -0.366 e. The molecule has 0 aliphatic heterocycles. The van der Waals surface area contributed by atoms with Gasteiger partial charge in [-0.05, 0) is 42.5 Å². The molecule has 3 aromatic rings. The topological polar surface area (TPSA) is 120 Å². The number of nitrogens with one attached hydrogen (secondary N) is 1. The molecule has 26 heavy (non-hydrogen) atoms. The van der Waals surface area contributed by atoms with Crippen LogP contribution in [-0.4, -0.2) is 26.6 Å². The second kappa shape index (κ2) is 7.39. The van der Waals surface area contributed by atoms with Gasteiger partial charge in [0.25, 0.3) is 5.56 Å². The Labute approximate surface area is 148 Å². The van der Waals surface area contributed by atoms with Crippen LogP contribution in [-0.2, 0) is 11.3 Å². The molecule has 0 aliphatic rings. The van der Waals surface area contributed by atoms with Crippen LogP contribution in [0.4, 0.5) is 5.69 Å². The molecular formula is C18H15N5O3. The van der Waals surface area contributed by atoms with Gasteiger partial charge in [-0.2, -0.15) is 5.10 Å². The van der Waals surface area contributed by atoms with Crippen LogP contribution in [0, 0.1) is 0 Å². The first kappa shape index (κ1) is 17.0. The maximum Gasteiger partial charge on any atom is 0.267 e. The fraction of sp³-hybridized carbons (Fsp3) is 0.0556. The number of hydrogen-bond donors (Lipinski definition) is 2. The van der Waals surface area contributed by atoms with E-state index in [1.54, 1.807) is 36.7 Å². The number of primary amides is 1. The van der Waals surface area contributed by atoms with Crippen molar-refractivity contribution < 1.29 is 9.59 Å². The van der Waals surface area contributed by atoms with Gasteiger partial charge in [-0.1, -0.05) is 0 Å². The molecule has 3 N–H and O–H groups in total. The highest BCUT2D eigenvalue weighted by molar-refractivity contribution is 5.94. The van der Waals surface area contributed by atoms with Crippen molar-refractivity contribution in [3.05, 3.63) is 76.8 Å². The number of nitrogens with two attached hydrogens (primary N) is 1. The van der Waals surface area contributed by atoms with E-state index in [0.717, 1.165) is 10.2 Å². The summed E-state index contributed by atoms with van der Waals surface area (Å²) in [4.78, 5) is 39.2. The summed E-state index contributed by atoms with van der Waals surface area (Å²) in [6.07, 6.45) is 3.26. The van der Waals surface area contributed by atoms with Crippen LogP contribution in [0.1, 0.15) is 10.4 Å². The number of rotatable bonds is 5. The summed E-state index contributed by atoms with van der Waals surface area (Å²) in [5, 5.41) is 6.84. The van der Waals surface area contributed by atoms with Gasteiger partial charge in [-0.3, -0.25) is 19.4 Å². The van der Waals surface area contributed by atoms with E-state index < -0.39 is 17.4 Å². The Morgan fingerprint density at radius 3 is 2.50 bits per heavy atom. The predicted octanol–water partition coefficient (Wildman–Crippen LogP) is 1.04. The average molecular weight is 349 g/mol. The van der Waals surface area contributed by atoms with Crippen LogP contribution in [0.15, 0.2) is 65.7 Å². The molecule has 0 aliphatic carbocycles. The van der Waals surface area contributed by atoms with Crippen LogP contribution >= 0.6 is 0 Å². The van der Waals surface area contributed by atoms with Crippen molar-refractivity contribution in [3.63, 3.8) is 0 Å². The lowest BCUT2D eigenvalue weighted by Gasteiger charge is -2.08. The Kier molecular flexibility index (Phi) is 4.84. The van der Waals surface area contributed by atoms with Crippen LogP contribution in [0.5, 0.6) is 0 Å². The Balaban J connectivity index is 1.74. The summed E-state index contributed by atoms with van der Waals surface area (Å²) in [6.45, 7) is -0.246. The summed E-state index contributed by atoms with van der Waals surface area (Å²) in [6, 6.07) is 12.6. The highest BCUT2D eigenvalue weighted by Crippen LogP contribution is 2.13. The lowest BCUT2D eigenvalue weighted by atomic mass is 10.2. The quantitative estimate of drug-likeness (QED) is 0.713. The Morgan fingerprint density at radius 2 is 1.85 bits per heavy atom. The molecule has 0 saturated carbocycles. The number of aromatic nitrogens is 3. The van der Waals surface area contributed by atoms with E-state index >= 15 is 0 Å². The summed E-state index contributed by atoms with van der Waals surface area (Å²) < 4.78 is 1.08. The third-order valence-electron chi connectivity index (χ3n) is 3.57. The number of pyridine rings is 1. The lowest BCUT2D eigenvalue weighted by molar-refractivity contribution is -0.117. The first-order valence-electron chi connectivity index (χ1n) is 7.71. The number of carbonyl (C=O) groups excluding carboxylic acids is 2. The lowest BCUT2D eigenvalue weighted by Crippen LogP contribution is -2.29. The molecule has 0 radical (unpaired) electrons. The van der Waals surface area contributed by atoms with Crippen LogP contribution in [0.3, 0.4) is 0 Å². The zero-order chi connectivity index (χ0) is 18.5. The fourth-order valence-electron chi connectivity index (χ4n) is 2.28. The molecule has 3 rings (SSSR count). The summed E-state index contributed by atoms with van der Waals surface area (Å²) in [5.74, 6) is -0.972. The van der Waals surface area contributed by atoms with Crippen LogP contribution in [0.25, 0.3) is 11.3 Å². The van der Waals surface area contributed by atoms with Crippen LogP contribution < -0.4 is 16.6 Å². The minimum atomic E-state index is -0.550. The van der Waals surface area contributed by atoms with Crippen LogP contribution in [0.2, 0.25) is 0 Å². The third-order valence-corrected chi connectivity index (χ3v) is 3.57. The molecule has 0 saturated heterocycles. The average Bonchev–Trinajstić information content (AvgIpc) is 2.64. The van der Waals surface area contributed by atoms with Gasteiger partial charge < -0.3 is 11.1 Å². The highest BCUT2D eigenvalue weighted by Gasteiger charge is 2.09. The molecule has 0 fully saturated rings. The van der Waals surface area contributed by atoms with E-state index in [0.29, 0.717) is 16.9 Å². The third kappa shape index (κ3) is 3.99. The number of benzene rings is 1. The Hall–Kier alpha value is -3.81. The van der Waals surface area contributed by atoms with Gasteiger partial charge in [0.05, 0.1) is 5.69 Å². The number of carbonyl (C=O) groups is 2. The molecule has 1 aromatic carbocycles. The standard InChI is InChI=1S/C18H15N5O3/c19-18(26)12-3-5-14(6-4-12)21-16(24)11-23-17(25)8-7-15(22-23)13-2-1-9-20-10-13/h1-10H,11H2,(H2,19,26)(H,21,24). The van der Waals surface area contributed by atoms with Crippen molar-refractivity contribution in [2.24, 2.45) is 5.73 Å². The van der Waals surface area contributed by atoms with E-state index in [4.69, 9.17) is 5.73 Å². The number of nitrogens with zero attached hydrogens (tertiary/aromatic N) is 3. The summed E-state index contributed by atoms with van der Waals surface area (Å²) in [5.41, 5.74) is 6.88. The molecule has 2 amide bonds. The molecular weight excluding hydrogens is 334 g/mol. The zero-order valence-corrected chi connectivity index (χ0v) is 13.6. The maximum absolute atomic E-state index is 12.2. The molecule has 2 heterocycles. The number of amides is 2. The van der Waals surface area contributed by atoms with Crippen molar-refractivity contribution >= 4 is 17.5 Å². The van der Waals surface area contributed by atoms with Gasteiger partial charge >= 0.3 is 0 Å². The van der Waals surface area contributed by atoms with Crippen molar-refractivity contribution in [1.82, 2.24) is 14.8 Å². The normalized spacial score (nSPS) is 10.3. The van der Waals surface area contributed by atoms with Gasteiger partial charge in [0.15, 0.2) is 0 Å².